The summed E-state index contributed by atoms with van der Waals surface area (Å²) in [5, 5.41) is 8.77. The Bertz CT molecular complexity index is 1470. The SMILES string of the molecule is Cc1nc2c(-c3ccccn3)cc(-c3cc(C)n(C(C)c4ccccn4)c(=N)c3)cc2[nH]1. The zero-order chi connectivity index (χ0) is 22.2. The van der Waals surface area contributed by atoms with Gasteiger partial charge in [-0.3, -0.25) is 15.4 Å². The number of aromatic nitrogens is 5. The Hall–Kier alpha value is -4.06. The third-order valence-electron chi connectivity index (χ3n) is 5.78. The van der Waals surface area contributed by atoms with Crippen molar-refractivity contribution in [2.75, 3.05) is 0 Å². The number of aryl methyl sites for hydroxylation is 2. The van der Waals surface area contributed by atoms with Gasteiger partial charge in [0.1, 0.15) is 11.3 Å². The molecule has 5 rings (SSSR count). The fraction of sp³-hybridized carbons (Fsp3) is 0.154. The van der Waals surface area contributed by atoms with Gasteiger partial charge in [0.2, 0.25) is 0 Å². The molecule has 1 aromatic carbocycles. The van der Waals surface area contributed by atoms with Gasteiger partial charge in [-0.2, -0.15) is 0 Å². The first kappa shape index (κ1) is 19.9. The lowest BCUT2D eigenvalue weighted by Crippen LogP contribution is -2.26. The Kier molecular flexibility index (Phi) is 4.90. The van der Waals surface area contributed by atoms with Crippen LogP contribution in [0.4, 0.5) is 0 Å². The van der Waals surface area contributed by atoms with Crippen molar-refractivity contribution in [1.82, 2.24) is 24.5 Å². The Morgan fingerprint density at radius 1 is 0.906 bits per heavy atom. The van der Waals surface area contributed by atoms with E-state index in [4.69, 9.17) is 5.41 Å². The predicted molar refractivity (Wildman–Crippen MR) is 126 cm³/mol. The smallest absolute Gasteiger partial charge is 0.126 e. The van der Waals surface area contributed by atoms with Gasteiger partial charge in [-0.1, -0.05) is 12.1 Å². The van der Waals surface area contributed by atoms with Crippen LogP contribution in [0.1, 0.15) is 30.2 Å². The van der Waals surface area contributed by atoms with Crippen molar-refractivity contribution < 1.29 is 0 Å². The molecule has 1 unspecified atom stereocenters. The van der Waals surface area contributed by atoms with E-state index in [-0.39, 0.29) is 6.04 Å². The summed E-state index contributed by atoms with van der Waals surface area (Å²) in [6.07, 6.45) is 3.59. The summed E-state index contributed by atoms with van der Waals surface area (Å²) in [7, 11) is 0. The highest BCUT2D eigenvalue weighted by Crippen LogP contribution is 2.32. The van der Waals surface area contributed by atoms with Crippen LogP contribution in [-0.4, -0.2) is 24.5 Å². The first-order chi connectivity index (χ1) is 15.5. The Morgan fingerprint density at radius 2 is 1.66 bits per heavy atom. The fourth-order valence-electron chi connectivity index (χ4n) is 4.30. The molecular formula is C26H24N6. The summed E-state index contributed by atoms with van der Waals surface area (Å²) in [5.74, 6) is 0.863. The molecule has 0 saturated heterocycles. The zero-order valence-corrected chi connectivity index (χ0v) is 18.3. The van der Waals surface area contributed by atoms with Crippen molar-refractivity contribution in [3.05, 3.63) is 95.8 Å². The third-order valence-corrected chi connectivity index (χ3v) is 5.78. The van der Waals surface area contributed by atoms with E-state index in [9.17, 15) is 0 Å². The maximum Gasteiger partial charge on any atom is 0.126 e. The molecule has 5 aromatic rings. The molecule has 0 bridgehead atoms. The predicted octanol–water partition coefficient (Wildman–Crippen LogP) is 5.19. The molecule has 6 heteroatoms. The quantitative estimate of drug-likeness (QED) is 0.419. The van der Waals surface area contributed by atoms with Gasteiger partial charge in [-0.15, -0.1) is 0 Å². The van der Waals surface area contributed by atoms with E-state index in [0.29, 0.717) is 5.49 Å². The first-order valence-electron chi connectivity index (χ1n) is 10.6. The van der Waals surface area contributed by atoms with E-state index >= 15 is 0 Å². The highest BCUT2D eigenvalue weighted by molar-refractivity contribution is 5.95. The highest BCUT2D eigenvalue weighted by Gasteiger charge is 2.15. The Labute approximate surface area is 186 Å². The zero-order valence-electron chi connectivity index (χ0n) is 18.3. The highest BCUT2D eigenvalue weighted by atomic mass is 15.0. The van der Waals surface area contributed by atoms with Crippen LogP contribution in [0.2, 0.25) is 0 Å². The molecule has 4 heterocycles. The number of hydrogen-bond acceptors (Lipinski definition) is 4. The van der Waals surface area contributed by atoms with Gasteiger partial charge < -0.3 is 9.55 Å². The fourth-order valence-corrected chi connectivity index (χ4v) is 4.30. The maximum atomic E-state index is 8.77. The van der Waals surface area contributed by atoms with Crippen molar-refractivity contribution in [2.24, 2.45) is 0 Å². The molecule has 0 radical (unpaired) electrons. The summed E-state index contributed by atoms with van der Waals surface area (Å²) < 4.78 is 2.00. The molecule has 4 aromatic heterocycles. The van der Waals surface area contributed by atoms with E-state index in [1.165, 1.54) is 0 Å². The number of pyridine rings is 3. The van der Waals surface area contributed by atoms with Crippen LogP contribution in [-0.2, 0) is 0 Å². The van der Waals surface area contributed by atoms with Gasteiger partial charge in [0.05, 0.1) is 28.5 Å². The van der Waals surface area contributed by atoms with Gasteiger partial charge in [0, 0.05) is 23.7 Å². The van der Waals surface area contributed by atoms with Gasteiger partial charge in [0.15, 0.2) is 0 Å². The van der Waals surface area contributed by atoms with Crippen molar-refractivity contribution in [3.63, 3.8) is 0 Å². The van der Waals surface area contributed by atoms with Gasteiger partial charge in [-0.25, -0.2) is 4.98 Å². The number of fused-ring (bicyclic) bond motifs is 1. The van der Waals surface area contributed by atoms with Gasteiger partial charge in [0.25, 0.3) is 0 Å². The molecule has 0 aliphatic heterocycles. The molecule has 1 atom stereocenters. The molecule has 0 aliphatic carbocycles. The first-order valence-corrected chi connectivity index (χ1v) is 10.6. The van der Waals surface area contributed by atoms with Crippen LogP contribution >= 0.6 is 0 Å². The molecule has 0 aliphatic rings. The number of benzene rings is 1. The second-order valence-corrected chi connectivity index (χ2v) is 8.03. The lowest BCUT2D eigenvalue weighted by Gasteiger charge is -2.20. The number of nitrogens with zero attached hydrogens (tertiary/aromatic N) is 4. The largest absolute Gasteiger partial charge is 0.342 e. The number of imidazole rings is 1. The maximum absolute atomic E-state index is 8.77. The number of rotatable bonds is 4. The van der Waals surface area contributed by atoms with Crippen LogP contribution in [0.5, 0.6) is 0 Å². The number of aromatic amines is 1. The van der Waals surface area contributed by atoms with E-state index in [2.05, 4.69) is 45.1 Å². The molecule has 6 nitrogen and oxygen atoms in total. The van der Waals surface area contributed by atoms with Crippen LogP contribution < -0.4 is 5.49 Å². The molecule has 158 valence electrons. The van der Waals surface area contributed by atoms with Gasteiger partial charge in [-0.05, 0) is 80.4 Å². The van der Waals surface area contributed by atoms with Gasteiger partial charge >= 0.3 is 0 Å². The van der Waals surface area contributed by atoms with Crippen LogP contribution in [0.25, 0.3) is 33.4 Å². The molecule has 0 saturated carbocycles. The van der Waals surface area contributed by atoms with Crippen LogP contribution in [0.3, 0.4) is 0 Å². The summed E-state index contributed by atoms with van der Waals surface area (Å²) in [4.78, 5) is 17.1. The normalized spacial score (nSPS) is 12.2. The standard InChI is InChI=1S/C26H24N6/c1-16-12-19(15-25(27)32(16)17(2)22-8-4-6-10-28-22)20-13-21(23-9-5-7-11-29-23)26-24(14-20)30-18(3)31-26/h4-15,17,27H,1-3H3,(H,30,31). The van der Waals surface area contributed by atoms with Crippen molar-refractivity contribution >= 4 is 11.0 Å². The number of H-pyrrole nitrogens is 1. The van der Waals surface area contributed by atoms with Crippen molar-refractivity contribution in [2.45, 2.75) is 26.8 Å². The third kappa shape index (κ3) is 3.50. The average molecular weight is 421 g/mol. The van der Waals surface area contributed by atoms with Crippen molar-refractivity contribution in [1.29, 1.82) is 5.41 Å². The van der Waals surface area contributed by atoms with E-state index in [1.807, 2.05) is 60.9 Å². The van der Waals surface area contributed by atoms with Crippen molar-refractivity contribution in [3.8, 4) is 22.4 Å². The minimum absolute atomic E-state index is 0.0282. The topological polar surface area (TPSA) is 83.2 Å². The number of hydrogen-bond donors (Lipinski definition) is 2. The molecule has 0 spiro atoms. The summed E-state index contributed by atoms with van der Waals surface area (Å²) in [6, 6.07) is 20.0. The Balaban J connectivity index is 1.66. The second kappa shape index (κ2) is 7.89. The van der Waals surface area contributed by atoms with E-state index in [1.54, 1.807) is 12.4 Å². The molecular weight excluding hydrogens is 396 g/mol. The van der Waals surface area contributed by atoms with Crippen LogP contribution in [0.15, 0.2) is 73.1 Å². The minimum atomic E-state index is -0.0282. The van der Waals surface area contributed by atoms with Crippen LogP contribution in [0, 0.1) is 19.3 Å². The Morgan fingerprint density at radius 3 is 2.34 bits per heavy atom. The second-order valence-electron chi connectivity index (χ2n) is 8.03. The van der Waals surface area contributed by atoms with E-state index in [0.717, 1.165) is 50.6 Å². The minimum Gasteiger partial charge on any atom is -0.342 e. The molecule has 0 fully saturated rings. The number of nitrogens with one attached hydrogen (secondary N) is 2. The lowest BCUT2D eigenvalue weighted by molar-refractivity contribution is 0.569. The monoisotopic (exact) mass is 420 g/mol. The average Bonchev–Trinajstić information content (AvgIpc) is 3.19. The molecule has 0 amide bonds. The van der Waals surface area contributed by atoms with E-state index < -0.39 is 0 Å². The molecule has 2 N–H and O–H groups in total. The lowest BCUT2D eigenvalue weighted by atomic mass is 9.99. The molecule has 32 heavy (non-hydrogen) atoms. The summed E-state index contributed by atoms with van der Waals surface area (Å²) in [6.45, 7) is 6.07. The summed E-state index contributed by atoms with van der Waals surface area (Å²) in [5.41, 5.74) is 8.12. The summed E-state index contributed by atoms with van der Waals surface area (Å²) >= 11 is 0.